The number of carbonyl (C=O) groups excluding carboxylic acids is 2. The summed E-state index contributed by atoms with van der Waals surface area (Å²) in [5, 5.41) is 28.1. The number of amides is 2. The molecule has 1 unspecified atom stereocenters. The van der Waals surface area contributed by atoms with Gasteiger partial charge in [-0.15, -0.1) is 0 Å². The van der Waals surface area contributed by atoms with Gasteiger partial charge in [-0.1, -0.05) is 45.0 Å². The number of ether oxygens (including phenoxy) is 1. The Hall–Kier alpha value is -6.94. The van der Waals surface area contributed by atoms with Gasteiger partial charge in [-0.05, 0) is 82.3 Å². The molecule has 0 spiro atoms. The van der Waals surface area contributed by atoms with Gasteiger partial charge >= 0.3 is 5.69 Å². The zero-order valence-electron chi connectivity index (χ0n) is 32.0. The molecule has 4 aromatic carbocycles. The van der Waals surface area contributed by atoms with Gasteiger partial charge in [0.15, 0.2) is 11.3 Å². The van der Waals surface area contributed by atoms with E-state index in [9.17, 15) is 24.5 Å². The minimum Gasteiger partial charge on any atom is -0.380 e. The van der Waals surface area contributed by atoms with Crippen molar-refractivity contribution in [3.8, 4) is 11.3 Å². The van der Waals surface area contributed by atoms with Crippen LogP contribution in [0.5, 0.6) is 0 Å². The summed E-state index contributed by atoms with van der Waals surface area (Å²) in [6.45, 7) is 9.59. The van der Waals surface area contributed by atoms with Crippen LogP contribution in [0.25, 0.3) is 22.3 Å². The normalized spacial score (nSPS) is 14.3. The van der Waals surface area contributed by atoms with Crippen LogP contribution in [0.2, 0.25) is 0 Å². The van der Waals surface area contributed by atoms with Crippen molar-refractivity contribution in [2.45, 2.75) is 39.2 Å². The Balaban J connectivity index is 1.01. The molecule has 1 aliphatic rings. The van der Waals surface area contributed by atoms with Gasteiger partial charge in [-0.2, -0.15) is 0 Å². The van der Waals surface area contributed by atoms with E-state index in [0.29, 0.717) is 60.1 Å². The van der Waals surface area contributed by atoms with Gasteiger partial charge in [0.1, 0.15) is 0 Å². The molecular formula is C41H41N9O7. The van der Waals surface area contributed by atoms with Crippen LogP contribution in [0.3, 0.4) is 0 Å². The number of hydrogen-bond donors (Lipinski definition) is 3. The number of carbonyl (C=O) groups is 2. The molecule has 3 N–H and O–H groups in total. The Morgan fingerprint density at radius 2 is 1.67 bits per heavy atom. The Bertz CT molecular complexity index is 2540. The largest absolute Gasteiger partial charge is 0.380 e. The van der Waals surface area contributed by atoms with Crippen molar-refractivity contribution in [2.75, 3.05) is 42.2 Å². The smallest absolute Gasteiger partial charge is 0.300 e. The number of aryl methyl sites for hydroxylation is 1. The predicted molar refractivity (Wildman–Crippen MR) is 215 cm³/mol. The first kappa shape index (κ1) is 38.3. The van der Waals surface area contributed by atoms with E-state index in [1.807, 2.05) is 49.4 Å². The first-order valence-electron chi connectivity index (χ1n) is 18.3. The molecule has 16 nitrogen and oxygen atoms in total. The van der Waals surface area contributed by atoms with Gasteiger partial charge in [0.05, 0.1) is 29.0 Å². The molecule has 0 aliphatic carbocycles. The van der Waals surface area contributed by atoms with Gasteiger partial charge < -0.3 is 30.2 Å². The number of morpholine rings is 1. The number of rotatable bonds is 10. The molecule has 2 amide bonds. The van der Waals surface area contributed by atoms with Crippen LogP contribution < -0.4 is 21.5 Å². The first-order valence-corrected chi connectivity index (χ1v) is 18.3. The number of nitro benzene ring substituents is 1. The number of nitrogens with one attached hydrogen (secondary N) is 3. The van der Waals surface area contributed by atoms with Crippen LogP contribution >= 0.6 is 0 Å². The lowest BCUT2D eigenvalue weighted by atomic mass is 9.86. The number of fused-ring (bicyclic) bond motifs is 1. The van der Waals surface area contributed by atoms with Crippen LogP contribution in [0.4, 0.5) is 28.6 Å². The molecule has 3 heterocycles. The van der Waals surface area contributed by atoms with Crippen molar-refractivity contribution in [3.63, 3.8) is 0 Å². The van der Waals surface area contributed by atoms with E-state index in [2.05, 4.69) is 52.0 Å². The third kappa shape index (κ3) is 8.21. The Labute approximate surface area is 327 Å². The summed E-state index contributed by atoms with van der Waals surface area (Å²) in [4.78, 5) is 57.1. The quantitative estimate of drug-likeness (QED) is 0.102. The molecule has 1 saturated heterocycles. The van der Waals surface area contributed by atoms with E-state index < -0.39 is 4.92 Å². The average Bonchev–Trinajstić information content (AvgIpc) is 3.70. The monoisotopic (exact) mass is 771 g/mol. The maximum atomic E-state index is 13.5. The predicted octanol–water partition coefficient (Wildman–Crippen LogP) is 6.45. The molecule has 0 bridgehead atoms. The second kappa shape index (κ2) is 15.7. The summed E-state index contributed by atoms with van der Waals surface area (Å²) in [6.07, 6.45) is 1.28. The topological polar surface area (TPSA) is 200 Å². The summed E-state index contributed by atoms with van der Waals surface area (Å²) >= 11 is 0. The van der Waals surface area contributed by atoms with Crippen LogP contribution in [0.1, 0.15) is 52.6 Å². The van der Waals surface area contributed by atoms with Crippen LogP contribution in [0.15, 0.2) is 94.5 Å². The van der Waals surface area contributed by atoms with E-state index >= 15 is 0 Å². The molecule has 1 atom stereocenters. The Morgan fingerprint density at radius 1 is 0.947 bits per heavy atom. The van der Waals surface area contributed by atoms with Crippen molar-refractivity contribution in [2.24, 2.45) is 7.05 Å². The lowest BCUT2D eigenvalue weighted by molar-refractivity contribution is -0.383. The molecule has 1 aliphatic heterocycles. The van der Waals surface area contributed by atoms with Crippen molar-refractivity contribution < 1.29 is 23.9 Å². The molecule has 0 radical (unpaired) electrons. The van der Waals surface area contributed by atoms with Gasteiger partial charge in [0.25, 0.3) is 17.4 Å². The molecule has 0 saturated carbocycles. The van der Waals surface area contributed by atoms with Crippen LogP contribution in [-0.4, -0.2) is 73.8 Å². The summed E-state index contributed by atoms with van der Waals surface area (Å²) in [6, 6.07) is 22.8. The number of aromatic nitrogens is 4. The molecule has 292 valence electrons. The average molecular weight is 772 g/mol. The van der Waals surface area contributed by atoms with E-state index in [1.54, 1.807) is 42.4 Å². The highest BCUT2D eigenvalue weighted by atomic mass is 16.6. The lowest BCUT2D eigenvalue weighted by Crippen LogP contribution is -2.47. The number of benzene rings is 4. The van der Waals surface area contributed by atoms with E-state index in [0.717, 1.165) is 16.7 Å². The molecule has 2 aromatic heterocycles. The summed E-state index contributed by atoms with van der Waals surface area (Å²) < 4.78 is 12.1. The van der Waals surface area contributed by atoms with Crippen molar-refractivity contribution >= 4 is 51.4 Å². The summed E-state index contributed by atoms with van der Waals surface area (Å²) in [5.74, 6) is -0.323. The molecule has 1 fully saturated rings. The number of anilines is 4. The standard InChI is InChI=1S/C41H41N9O7/c1-24-30(7-6-8-31(24)45-38(51)25-9-13-27(14-10-25)41(2,3)4)33-23-48(5)40(53)37(44-33)43-28-15-11-26(12-16-28)39(52)49-19-20-56-29(22-49)21-42-32-17-18-34(50(54)55)36-35(32)46-57-47-36/h6-18,23,29,42H,19-22H2,1-5H3,(H,43,44)(H,45,51). The fourth-order valence-corrected chi connectivity index (χ4v) is 6.59. The molecule has 16 heteroatoms. The lowest BCUT2D eigenvalue weighted by Gasteiger charge is -2.33. The molecule has 6 aromatic rings. The molecular weight excluding hydrogens is 731 g/mol. The molecule has 7 rings (SSSR count). The van der Waals surface area contributed by atoms with Crippen molar-refractivity contribution in [3.05, 3.63) is 128 Å². The maximum Gasteiger partial charge on any atom is 0.300 e. The number of nitro groups is 1. The van der Waals surface area contributed by atoms with Gasteiger partial charge in [0, 0.05) is 67.0 Å². The van der Waals surface area contributed by atoms with Crippen molar-refractivity contribution in [1.29, 1.82) is 0 Å². The Morgan fingerprint density at radius 3 is 2.39 bits per heavy atom. The van der Waals surface area contributed by atoms with E-state index in [1.165, 1.54) is 16.7 Å². The number of nitrogens with zero attached hydrogens (tertiary/aromatic N) is 6. The zero-order chi connectivity index (χ0) is 40.4. The summed E-state index contributed by atoms with van der Waals surface area (Å²) in [5.41, 5.74) is 5.55. The fourth-order valence-electron chi connectivity index (χ4n) is 6.59. The summed E-state index contributed by atoms with van der Waals surface area (Å²) in [7, 11) is 1.64. The van der Waals surface area contributed by atoms with E-state index in [-0.39, 0.29) is 51.4 Å². The first-order chi connectivity index (χ1) is 27.3. The SMILES string of the molecule is Cc1c(NC(=O)c2ccc(C(C)(C)C)cc2)cccc1-c1cn(C)c(=O)c(Nc2ccc(C(=O)N3CCOC(CNc4ccc([N+](=O)[O-])c5nonc45)C3)cc2)n1. The maximum absolute atomic E-state index is 13.5. The van der Waals surface area contributed by atoms with E-state index in [4.69, 9.17) is 9.37 Å². The zero-order valence-corrected chi connectivity index (χ0v) is 32.0. The highest BCUT2D eigenvalue weighted by Crippen LogP contribution is 2.30. The minimum atomic E-state index is -0.553. The van der Waals surface area contributed by atoms with Gasteiger partial charge in [-0.25, -0.2) is 9.61 Å². The van der Waals surface area contributed by atoms with Gasteiger partial charge in [-0.3, -0.25) is 24.5 Å². The fraction of sp³-hybridized carbons (Fsp3) is 0.268. The second-order valence-corrected chi connectivity index (χ2v) is 14.8. The molecule has 57 heavy (non-hydrogen) atoms. The van der Waals surface area contributed by atoms with Crippen LogP contribution in [0, 0.1) is 17.0 Å². The third-order valence-electron chi connectivity index (χ3n) is 9.87. The van der Waals surface area contributed by atoms with Crippen LogP contribution in [-0.2, 0) is 17.2 Å². The van der Waals surface area contributed by atoms with Crippen molar-refractivity contribution in [1.82, 2.24) is 24.8 Å². The third-order valence-corrected chi connectivity index (χ3v) is 9.87. The second-order valence-electron chi connectivity index (χ2n) is 14.8. The van der Waals surface area contributed by atoms with Gasteiger partial charge in [0.2, 0.25) is 5.52 Å². The number of hydrogen-bond acceptors (Lipinski definition) is 12. The highest BCUT2D eigenvalue weighted by molar-refractivity contribution is 6.05. The Kier molecular flexibility index (Phi) is 10.5. The highest BCUT2D eigenvalue weighted by Gasteiger charge is 2.26. The minimum absolute atomic E-state index is 0.0261. The number of non-ortho nitro benzene ring substituents is 1.